The van der Waals surface area contributed by atoms with E-state index < -0.39 is 36.2 Å². The van der Waals surface area contributed by atoms with Gasteiger partial charge in [0.15, 0.2) is 0 Å². The summed E-state index contributed by atoms with van der Waals surface area (Å²) in [5.74, 6) is -3.40. The van der Waals surface area contributed by atoms with Crippen LogP contribution >= 0.6 is 0 Å². The molecule has 122 valence electrons. The minimum absolute atomic E-state index is 0.0459. The number of carbonyl (C=O) groups excluding carboxylic acids is 3. The number of pyridine rings is 1. The Morgan fingerprint density at radius 2 is 2.13 bits per heavy atom. The number of likely N-dealkylation sites (tertiary alicyclic amines) is 1. The van der Waals surface area contributed by atoms with Gasteiger partial charge in [0, 0.05) is 18.8 Å². The predicted molar refractivity (Wildman–Crippen MR) is 76.4 cm³/mol. The van der Waals surface area contributed by atoms with Crippen LogP contribution in [0.25, 0.3) is 0 Å². The second-order valence-electron chi connectivity index (χ2n) is 5.12. The summed E-state index contributed by atoms with van der Waals surface area (Å²) in [5.41, 5.74) is 0.877. The van der Waals surface area contributed by atoms with Crippen molar-refractivity contribution < 1.29 is 29.0 Å². The number of aliphatic carboxylic acids is 1. The van der Waals surface area contributed by atoms with E-state index in [4.69, 9.17) is 9.84 Å². The highest BCUT2D eigenvalue weighted by Gasteiger charge is 2.39. The Morgan fingerprint density at radius 3 is 2.78 bits per heavy atom. The number of carboxylic acid groups (broad SMARTS) is 1. The van der Waals surface area contributed by atoms with Gasteiger partial charge in [0.2, 0.25) is 11.8 Å². The summed E-state index contributed by atoms with van der Waals surface area (Å²) >= 11 is 0. The zero-order valence-corrected chi connectivity index (χ0v) is 12.5. The van der Waals surface area contributed by atoms with Crippen LogP contribution in [0, 0.1) is 5.92 Å². The number of carboxylic acids is 1. The summed E-state index contributed by atoms with van der Waals surface area (Å²) in [7, 11) is 0. The van der Waals surface area contributed by atoms with Crippen LogP contribution in [0.4, 0.5) is 0 Å². The maximum Gasteiger partial charge on any atom is 0.339 e. The van der Waals surface area contributed by atoms with E-state index in [9.17, 15) is 19.2 Å². The zero-order chi connectivity index (χ0) is 17.0. The van der Waals surface area contributed by atoms with Crippen LogP contribution in [0.3, 0.4) is 0 Å². The molecular weight excluding hydrogens is 304 g/mol. The quantitative estimate of drug-likeness (QED) is 0.590. The number of rotatable bonds is 6. The fraction of sp³-hybridized carbons (Fsp3) is 0.400. The number of hydrogen-bond donors (Lipinski definition) is 1. The van der Waals surface area contributed by atoms with Crippen molar-refractivity contribution >= 4 is 23.8 Å². The third-order valence-corrected chi connectivity index (χ3v) is 3.42. The molecule has 2 amide bonds. The standard InChI is InChI=1S/C15H16N2O6/c1-2-23-15(22)11-4-9(6-16-7-11)3-10-5-12(18)17(14(10)21)8-13(19)20/h4,6-7,10H,2-3,5,8H2,1H3,(H,19,20). The van der Waals surface area contributed by atoms with Crippen LogP contribution in [0.15, 0.2) is 18.5 Å². The first-order valence-electron chi connectivity index (χ1n) is 7.09. The van der Waals surface area contributed by atoms with Crippen LogP contribution in [0.2, 0.25) is 0 Å². The van der Waals surface area contributed by atoms with Crippen LogP contribution in [-0.4, -0.2) is 51.9 Å². The Hall–Kier alpha value is -2.77. The first-order valence-corrected chi connectivity index (χ1v) is 7.09. The summed E-state index contributed by atoms with van der Waals surface area (Å²) in [4.78, 5) is 50.9. The van der Waals surface area contributed by atoms with Crippen molar-refractivity contribution in [3.63, 3.8) is 0 Å². The molecule has 8 heteroatoms. The van der Waals surface area contributed by atoms with E-state index in [-0.39, 0.29) is 25.0 Å². The smallest absolute Gasteiger partial charge is 0.339 e. The minimum Gasteiger partial charge on any atom is -0.480 e. The van der Waals surface area contributed by atoms with Crippen molar-refractivity contribution in [2.45, 2.75) is 19.8 Å². The normalized spacial score (nSPS) is 17.4. The second-order valence-corrected chi connectivity index (χ2v) is 5.12. The molecule has 1 fully saturated rings. The van der Waals surface area contributed by atoms with Crippen LogP contribution in [0.5, 0.6) is 0 Å². The molecule has 8 nitrogen and oxygen atoms in total. The number of carbonyl (C=O) groups is 4. The summed E-state index contributed by atoms with van der Waals surface area (Å²) in [6, 6.07) is 1.56. The lowest BCUT2D eigenvalue weighted by Gasteiger charge is -2.12. The molecule has 1 N–H and O–H groups in total. The van der Waals surface area contributed by atoms with Crippen LogP contribution < -0.4 is 0 Å². The third-order valence-electron chi connectivity index (χ3n) is 3.42. The van der Waals surface area contributed by atoms with E-state index >= 15 is 0 Å². The minimum atomic E-state index is -1.24. The number of imide groups is 1. The molecule has 0 aromatic carbocycles. The van der Waals surface area contributed by atoms with E-state index in [1.54, 1.807) is 13.0 Å². The van der Waals surface area contributed by atoms with E-state index in [1.165, 1.54) is 12.4 Å². The molecule has 0 spiro atoms. The molecule has 1 saturated heterocycles. The molecular formula is C15H16N2O6. The van der Waals surface area contributed by atoms with Gasteiger partial charge in [-0.05, 0) is 25.0 Å². The Balaban J connectivity index is 2.09. The molecule has 1 unspecified atom stereocenters. The van der Waals surface area contributed by atoms with Crippen molar-refractivity contribution in [2.24, 2.45) is 5.92 Å². The first kappa shape index (κ1) is 16.6. The van der Waals surface area contributed by atoms with Crippen molar-refractivity contribution in [3.05, 3.63) is 29.6 Å². The number of hydrogen-bond acceptors (Lipinski definition) is 6. The Labute approximate surface area is 132 Å². The topological polar surface area (TPSA) is 114 Å². The molecule has 1 aromatic heterocycles. The highest BCUT2D eigenvalue weighted by molar-refractivity contribution is 6.05. The van der Waals surface area contributed by atoms with E-state index in [1.807, 2.05) is 0 Å². The van der Waals surface area contributed by atoms with Gasteiger partial charge in [-0.15, -0.1) is 0 Å². The second kappa shape index (κ2) is 6.99. The van der Waals surface area contributed by atoms with Crippen molar-refractivity contribution in [1.82, 2.24) is 9.88 Å². The first-order chi connectivity index (χ1) is 10.9. The predicted octanol–water partition coefficient (Wildman–Crippen LogP) is 0.260. The zero-order valence-electron chi connectivity index (χ0n) is 12.5. The van der Waals surface area contributed by atoms with Gasteiger partial charge in [0.25, 0.3) is 0 Å². The van der Waals surface area contributed by atoms with Crippen molar-refractivity contribution in [1.29, 1.82) is 0 Å². The van der Waals surface area contributed by atoms with Gasteiger partial charge in [0.05, 0.1) is 18.1 Å². The molecule has 1 aromatic rings. The van der Waals surface area contributed by atoms with Gasteiger partial charge in [-0.2, -0.15) is 0 Å². The highest BCUT2D eigenvalue weighted by Crippen LogP contribution is 2.23. The maximum atomic E-state index is 12.1. The van der Waals surface area contributed by atoms with Crippen LogP contribution in [0.1, 0.15) is 29.3 Å². The SMILES string of the molecule is CCOC(=O)c1cncc(CC2CC(=O)N(CC(=O)O)C2=O)c1. The summed E-state index contributed by atoms with van der Waals surface area (Å²) in [5, 5.41) is 8.73. The van der Waals surface area contributed by atoms with Gasteiger partial charge in [-0.1, -0.05) is 0 Å². The van der Waals surface area contributed by atoms with E-state index in [0.29, 0.717) is 5.56 Å². The Kier molecular flexibility index (Phi) is 5.05. The molecule has 0 bridgehead atoms. The fourth-order valence-corrected chi connectivity index (χ4v) is 2.42. The van der Waals surface area contributed by atoms with Crippen molar-refractivity contribution in [3.8, 4) is 0 Å². The lowest BCUT2D eigenvalue weighted by Crippen LogP contribution is -2.35. The molecule has 1 aliphatic heterocycles. The molecule has 0 radical (unpaired) electrons. The van der Waals surface area contributed by atoms with E-state index in [2.05, 4.69) is 4.98 Å². The van der Waals surface area contributed by atoms with Gasteiger partial charge >= 0.3 is 11.9 Å². The van der Waals surface area contributed by atoms with Gasteiger partial charge in [-0.25, -0.2) is 4.79 Å². The van der Waals surface area contributed by atoms with E-state index in [0.717, 1.165) is 4.90 Å². The molecule has 0 aliphatic carbocycles. The lowest BCUT2D eigenvalue weighted by atomic mass is 9.98. The number of amides is 2. The van der Waals surface area contributed by atoms with Gasteiger partial charge < -0.3 is 9.84 Å². The monoisotopic (exact) mass is 320 g/mol. The lowest BCUT2D eigenvalue weighted by molar-refractivity contribution is -0.149. The average Bonchev–Trinajstić information content (AvgIpc) is 2.75. The van der Waals surface area contributed by atoms with Crippen LogP contribution in [-0.2, 0) is 25.5 Å². The summed E-state index contributed by atoms with van der Waals surface area (Å²) < 4.78 is 4.88. The largest absolute Gasteiger partial charge is 0.480 e. The number of esters is 1. The number of aromatic nitrogens is 1. The molecule has 1 aliphatic rings. The fourth-order valence-electron chi connectivity index (χ4n) is 2.42. The number of ether oxygens (including phenoxy) is 1. The Bertz CT molecular complexity index is 657. The molecule has 0 saturated carbocycles. The molecule has 2 heterocycles. The summed E-state index contributed by atoms with van der Waals surface area (Å²) in [6.45, 7) is 1.30. The highest BCUT2D eigenvalue weighted by atomic mass is 16.5. The maximum absolute atomic E-state index is 12.1. The van der Waals surface area contributed by atoms with Gasteiger partial charge in [0.1, 0.15) is 6.54 Å². The Morgan fingerprint density at radius 1 is 1.39 bits per heavy atom. The average molecular weight is 320 g/mol. The number of nitrogens with zero attached hydrogens (tertiary/aromatic N) is 2. The van der Waals surface area contributed by atoms with Gasteiger partial charge in [-0.3, -0.25) is 24.3 Å². The molecule has 2 rings (SSSR count). The third kappa shape index (κ3) is 3.91. The van der Waals surface area contributed by atoms with Crippen molar-refractivity contribution in [2.75, 3.05) is 13.2 Å². The summed E-state index contributed by atoms with van der Waals surface area (Å²) in [6.07, 6.45) is 3.02. The molecule has 23 heavy (non-hydrogen) atoms. The molecule has 1 atom stereocenters.